The van der Waals surface area contributed by atoms with Crippen LogP contribution in [0, 0.1) is 0 Å². The van der Waals surface area contributed by atoms with Crippen molar-refractivity contribution in [2.24, 2.45) is 0 Å². The Morgan fingerprint density at radius 2 is 2.18 bits per heavy atom. The molecule has 0 aromatic rings. The normalized spacial score (nSPS) is 10.0. The lowest BCUT2D eigenvalue weighted by Crippen LogP contribution is -2.16. The van der Waals surface area contributed by atoms with Gasteiger partial charge < -0.3 is 5.32 Å². The van der Waals surface area contributed by atoms with Crippen molar-refractivity contribution in [1.82, 2.24) is 5.32 Å². The van der Waals surface area contributed by atoms with Crippen molar-refractivity contribution in [1.29, 1.82) is 0 Å². The van der Waals surface area contributed by atoms with E-state index in [4.69, 9.17) is 0 Å². The van der Waals surface area contributed by atoms with Crippen LogP contribution in [0.4, 0.5) is 0 Å². The van der Waals surface area contributed by atoms with Crippen molar-refractivity contribution < 1.29 is 0 Å². The van der Waals surface area contributed by atoms with E-state index >= 15 is 0 Å². The van der Waals surface area contributed by atoms with Crippen LogP contribution in [0.15, 0.2) is 12.2 Å². The van der Waals surface area contributed by atoms with E-state index in [1.54, 1.807) is 0 Å². The van der Waals surface area contributed by atoms with E-state index in [0.29, 0.717) is 0 Å². The number of rotatable bonds is 7. The van der Waals surface area contributed by atoms with E-state index in [0.717, 1.165) is 18.8 Å². The molecule has 0 aliphatic heterocycles. The summed E-state index contributed by atoms with van der Waals surface area (Å²) in [4.78, 5) is 0. The highest BCUT2D eigenvalue weighted by atomic mass is 32.2. The lowest BCUT2D eigenvalue weighted by atomic mass is 10.3. The Kier molecular flexibility index (Phi) is 8.19. The van der Waals surface area contributed by atoms with Crippen LogP contribution in [0.1, 0.15) is 20.3 Å². The molecule has 0 spiro atoms. The maximum atomic E-state index is 3.98. The first-order valence-corrected chi connectivity index (χ1v) is 5.41. The van der Waals surface area contributed by atoms with Gasteiger partial charge in [0.25, 0.3) is 0 Å². The van der Waals surface area contributed by atoms with Crippen LogP contribution in [0.2, 0.25) is 0 Å². The van der Waals surface area contributed by atoms with E-state index in [1.165, 1.54) is 17.7 Å². The lowest BCUT2D eigenvalue weighted by Gasteiger charge is -2.04. The molecule has 0 rings (SSSR count). The first-order valence-electron chi connectivity index (χ1n) is 4.26. The minimum atomic E-state index is 0.979. The molecule has 0 aromatic heterocycles. The zero-order valence-corrected chi connectivity index (χ0v) is 8.47. The molecule has 0 amide bonds. The fourth-order valence-electron chi connectivity index (χ4n) is 0.714. The largest absolute Gasteiger partial charge is 0.313 e. The van der Waals surface area contributed by atoms with E-state index in [1.807, 2.05) is 11.8 Å². The van der Waals surface area contributed by atoms with E-state index in [2.05, 4.69) is 25.7 Å². The molecule has 0 aromatic carbocycles. The predicted octanol–water partition coefficient (Wildman–Crippen LogP) is 2.30. The Morgan fingerprint density at radius 3 is 2.73 bits per heavy atom. The smallest absolute Gasteiger partial charge is 0.0170 e. The summed E-state index contributed by atoms with van der Waals surface area (Å²) in [5, 5.41) is 3.26. The number of hydrogen-bond acceptors (Lipinski definition) is 2. The van der Waals surface area contributed by atoms with Gasteiger partial charge in [-0.1, -0.05) is 26.0 Å². The van der Waals surface area contributed by atoms with Gasteiger partial charge in [-0.15, -0.1) is 0 Å². The average Bonchev–Trinajstić information content (AvgIpc) is 2.01. The molecule has 0 heterocycles. The molecule has 0 unspecified atom stereocenters. The molecule has 0 radical (unpaired) electrons. The monoisotopic (exact) mass is 173 g/mol. The molecule has 0 bridgehead atoms. The zero-order valence-electron chi connectivity index (χ0n) is 7.65. The fraction of sp³-hybridized carbons (Fsp3) is 0.778. The molecule has 0 saturated heterocycles. The summed E-state index contributed by atoms with van der Waals surface area (Å²) in [5.74, 6) is 2.37. The topological polar surface area (TPSA) is 12.0 Å². The summed E-state index contributed by atoms with van der Waals surface area (Å²) in [6.45, 7) is 10.3. The van der Waals surface area contributed by atoms with Crippen molar-refractivity contribution in [3.8, 4) is 0 Å². The molecule has 1 N–H and O–H groups in total. The van der Waals surface area contributed by atoms with Crippen LogP contribution in [0.25, 0.3) is 0 Å². The molecule has 66 valence electrons. The molecule has 0 aliphatic rings. The van der Waals surface area contributed by atoms with Gasteiger partial charge in [0.05, 0.1) is 0 Å². The van der Waals surface area contributed by atoms with Gasteiger partial charge in [0.15, 0.2) is 0 Å². The Bertz CT molecular complexity index is 102. The van der Waals surface area contributed by atoms with E-state index in [9.17, 15) is 0 Å². The van der Waals surface area contributed by atoms with Crippen LogP contribution in [-0.2, 0) is 0 Å². The first-order chi connectivity index (χ1) is 5.31. The number of hydrogen-bond donors (Lipinski definition) is 1. The van der Waals surface area contributed by atoms with Crippen molar-refractivity contribution in [3.63, 3.8) is 0 Å². The third-order valence-electron chi connectivity index (χ3n) is 1.28. The van der Waals surface area contributed by atoms with Crippen molar-refractivity contribution in [3.05, 3.63) is 12.2 Å². The summed E-state index contributed by atoms with van der Waals surface area (Å²) in [5.41, 5.74) is 1.31. The van der Waals surface area contributed by atoms with Crippen LogP contribution in [0.3, 0.4) is 0 Å². The Hall–Kier alpha value is 0.0500. The zero-order chi connectivity index (χ0) is 8.53. The predicted molar refractivity (Wildman–Crippen MR) is 55.3 cm³/mol. The molecule has 0 atom stereocenters. The van der Waals surface area contributed by atoms with Gasteiger partial charge in [-0.05, 0) is 18.7 Å². The second kappa shape index (κ2) is 8.15. The number of likely N-dealkylation sites (N-methyl/N-ethyl adjacent to an activating group) is 1. The third kappa shape index (κ3) is 7.95. The van der Waals surface area contributed by atoms with Crippen molar-refractivity contribution in [2.75, 3.05) is 24.6 Å². The number of thioether (sulfide) groups is 1. The molecular formula is C9H19NS. The Balaban J connectivity index is 3.09. The standard InChI is InChI=1S/C9H19NS/c1-4-6-11-8-9(3)7-10-5-2/h10H,3-8H2,1-2H3. The molecule has 2 heteroatoms. The molecule has 1 nitrogen and oxygen atoms in total. The Labute approximate surface area is 74.6 Å². The third-order valence-corrected chi connectivity index (χ3v) is 2.59. The maximum Gasteiger partial charge on any atom is 0.0170 e. The van der Waals surface area contributed by atoms with Gasteiger partial charge >= 0.3 is 0 Å². The van der Waals surface area contributed by atoms with Gasteiger partial charge in [-0.2, -0.15) is 11.8 Å². The second-order valence-electron chi connectivity index (χ2n) is 2.58. The number of nitrogens with one attached hydrogen (secondary N) is 1. The molecule has 0 fully saturated rings. The highest BCUT2D eigenvalue weighted by Gasteiger charge is 1.92. The summed E-state index contributed by atoms with van der Waals surface area (Å²) < 4.78 is 0. The van der Waals surface area contributed by atoms with Gasteiger partial charge in [0.2, 0.25) is 0 Å². The van der Waals surface area contributed by atoms with Gasteiger partial charge in [0.1, 0.15) is 0 Å². The summed E-state index contributed by atoms with van der Waals surface area (Å²) in [6, 6.07) is 0. The second-order valence-corrected chi connectivity index (χ2v) is 3.69. The van der Waals surface area contributed by atoms with Crippen molar-refractivity contribution >= 4 is 11.8 Å². The highest BCUT2D eigenvalue weighted by molar-refractivity contribution is 7.99. The Morgan fingerprint density at radius 1 is 1.45 bits per heavy atom. The van der Waals surface area contributed by atoms with Gasteiger partial charge in [-0.3, -0.25) is 0 Å². The summed E-state index contributed by atoms with van der Waals surface area (Å²) in [7, 11) is 0. The highest BCUT2D eigenvalue weighted by Crippen LogP contribution is 2.06. The SMILES string of the molecule is C=C(CNCC)CSCCC. The molecule has 11 heavy (non-hydrogen) atoms. The van der Waals surface area contributed by atoms with E-state index < -0.39 is 0 Å². The maximum absolute atomic E-state index is 3.98. The quantitative estimate of drug-likeness (QED) is 0.468. The summed E-state index contributed by atoms with van der Waals surface area (Å²) >= 11 is 1.97. The van der Waals surface area contributed by atoms with Gasteiger partial charge in [0, 0.05) is 12.3 Å². The van der Waals surface area contributed by atoms with Gasteiger partial charge in [-0.25, -0.2) is 0 Å². The average molecular weight is 173 g/mol. The van der Waals surface area contributed by atoms with Crippen molar-refractivity contribution in [2.45, 2.75) is 20.3 Å². The summed E-state index contributed by atoms with van der Waals surface area (Å²) in [6.07, 6.45) is 1.26. The minimum absolute atomic E-state index is 0.979. The molecule has 0 saturated carbocycles. The molecular weight excluding hydrogens is 154 g/mol. The van der Waals surface area contributed by atoms with Crippen LogP contribution in [-0.4, -0.2) is 24.6 Å². The van der Waals surface area contributed by atoms with Crippen LogP contribution in [0.5, 0.6) is 0 Å². The fourth-order valence-corrected chi connectivity index (χ4v) is 1.54. The lowest BCUT2D eigenvalue weighted by molar-refractivity contribution is 0.779. The molecule has 0 aliphatic carbocycles. The van der Waals surface area contributed by atoms with Crippen LogP contribution < -0.4 is 5.32 Å². The first kappa shape index (κ1) is 11.1. The van der Waals surface area contributed by atoms with Crippen LogP contribution >= 0.6 is 11.8 Å². The minimum Gasteiger partial charge on any atom is -0.313 e. The van der Waals surface area contributed by atoms with E-state index in [-0.39, 0.29) is 0 Å².